The van der Waals surface area contributed by atoms with Crippen molar-refractivity contribution in [1.29, 1.82) is 0 Å². The molecule has 2 rings (SSSR count). The lowest BCUT2D eigenvalue weighted by Crippen LogP contribution is -2.14. The van der Waals surface area contributed by atoms with Gasteiger partial charge < -0.3 is 4.74 Å². The van der Waals surface area contributed by atoms with Crippen LogP contribution in [0.2, 0.25) is 0 Å². The van der Waals surface area contributed by atoms with Crippen molar-refractivity contribution in [3.8, 4) is 5.75 Å². The van der Waals surface area contributed by atoms with Gasteiger partial charge in [-0.2, -0.15) is 0 Å². The Morgan fingerprint density at radius 1 is 1.14 bits per heavy atom. The normalized spacial score (nSPS) is 11.4. The number of nitrogens with two attached hydrogens (primary N) is 1. The fraction of sp³-hybridized carbons (Fsp3) is 0.0769. The Morgan fingerprint density at radius 2 is 1.86 bits per heavy atom. The molecular formula is C13H10BrF2NO3S. The number of benzene rings is 2. The van der Waals surface area contributed by atoms with Gasteiger partial charge in [-0.1, -0.05) is 15.9 Å². The third-order valence-corrected chi connectivity index (χ3v) is 4.03. The van der Waals surface area contributed by atoms with Gasteiger partial charge in [0.15, 0.2) is 0 Å². The number of halogens is 3. The number of sulfonamides is 1. The van der Waals surface area contributed by atoms with Crippen molar-refractivity contribution in [1.82, 2.24) is 0 Å². The Balaban J connectivity index is 2.30. The number of hydrogen-bond donors (Lipinski definition) is 1. The minimum atomic E-state index is -4.00. The molecule has 0 heterocycles. The Kier molecular flexibility index (Phi) is 4.60. The topological polar surface area (TPSA) is 69.4 Å². The maximum atomic E-state index is 13.5. The number of hydrogen-bond acceptors (Lipinski definition) is 3. The zero-order valence-corrected chi connectivity index (χ0v) is 12.9. The summed E-state index contributed by atoms with van der Waals surface area (Å²) in [6.45, 7) is -0.326. The van der Waals surface area contributed by atoms with Crippen molar-refractivity contribution < 1.29 is 21.9 Å². The van der Waals surface area contributed by atoms with Crippen molar-refractivity contribution in [2.75, 3.05) is 0 Å². The highest BCUT2D eigenvalue weighted by Gasteiger charge is 2.16. The third-order valence-electron chi connectivity index (χ3n) is 2.60. The average molecular weight is 378 g/mol. The van der Waals surface area contributed by atoms with Crippen LogP contribution in [0.4, 0.5) is 8.78 Å². The van der Waals surface area contributed by atoms with E-state index >= 15 is 0 Å². The highest BCUT2D eigenvalue weighted by atomic mass is 79.9. The lowest BCUT2D eigenvalue weighted by Gasteiger charge is -2.11. The summed E-state index contributed by atoms with van der Waals surface area (Å²) in [5, 5.41) is 5.09. The second-order valence-corrected chi connectivity index (χ2v) is 6.61. The van der Waals surface area contributed by atoms with Gasteiger partial charge in [-0.15, -0.1) is 0 Å². The van der Waals surface area contributed by atoms with Crippen LogP contribution in [0.25, 0.3) is 0 Å². The van der Waals surface area contributed by atoms with Crippen LogP contribution in [-0.2, 0) is 16.6 Å². The molecule has 21 heavy (non-hydrogen) atoms. The summed E-state index contributed by atoms with van der Waals surface area (Å²) in [5.74, 6) is -1.30. The van der Waals surface area contributed by atoms with Crippen molar-refractivity contribution in [3.05, 3.63) is 58.1 Å². The first-order valence-electron chi connectivity index (χ1n) is 5.66. The zero-order valence-electron chi connectivity index (χ0n) is 10.5. The molecule has 0 fully saturated rings. The summed E-state index contributed by atoms with van der Waals surface area (Å²) in [6, 6.07) is 7.12. The van der Waals surface area contributed by atoms with Gasteiger partial charge in [0.1, 0.15) is 28.9 Å². The Bertz CT molecular complexity index is 781. The molecule has 112 valence electrons. The Morgan fingerprint density at radius 3 is 2.52 bits per heavy atom. The maximum absolute atomic E-state index is 13.5. The van der Waals surface area contributed by atoms with Crippen LogP contribution in [0.3, 0.4) is 0 Å². The largest absolute Gasteiger partial charge is 0.487 e. The van der Waals surface area contributed by atoms with Gasteiger partial charge >= 0.3 is 0 Å². The van der Waals surface area contributed by atoms with Gasteiger partial charge in [0, 0.05) is 10.0 Å². The molecule has 2 N–H and O–H groups in total. The molecule has 2 aromatic rings. The van der Waals surface area contributed by atoms with E-state index < -0.39 is 21.7 Å². The molecule has 0 spiro atoms. The first-order chi connectivity index (χ1) is 9.77. The standard InChI is InChI=1S/C13H10BrF2NO3S/c14-9-1-4-12(13(6-9)21(17,18)19)20-7-8-5-10(15)2-3-11(8)16/h1-6H,7H2,(H2,17,18,19). The van der Waals surface area contributed by atoms with E-state index in [1.165, 1.54) is 12.1 Å². The lowest BCUT2D eigenvalue weighted by atomic mass is 10.2. The fourth-order valence-corrected chi connectivity index (χ4v) is 2.84. The predicted octanol–water partition coefficient (Wildman–Crippen LogP) is 2.95. The number of primary sulfonamides is 1. The summed E-state index contributed by atoms with van der Waals surface area (Å²) in [5.41, 5.74) is -0.0294. The fourth-order valence-electron chi connectivity index (χ4n) is 1.63. The van der Waals surface area contributed by atoms with Crippen molar-refractivity contribution in [2.24, 2.45) is 5.14 Å². The predicted molar refractivity (Wildman–Crippen MR) is 76.2 cm³/mol. The second kappa shape index (κ2) is 6.08. The average Bonchev–Trinajstić information content (AvgIpc) is 2.40. The molecule has 4 nitrogen and oxygen atoms in total. The Hall–Kier alpha value is -1.51. The lowest BCUT2D eigenvalue weighted by molar-refractivity contribution is 0.291. The van der Waals surface area contributed by atoms with Gasteiger partial charge in [-0.25, -0.2) is 22.3 Å². The van der Waals surface area contributed by atoms with Crippen LogP contribution < -0.4 is 9.88 Å². The van der Waals surface area contributed by atoms with Crippen LogP contribution in [0.1, 0.15) is 5.56 Å². The molecule has 0 radical (unpaired) electrons. The molecule has 0 aliphatic carbocycles. The van der Waals surface area contributed by atoms with Gasteiger partial charge in [-0.3, -0.25) is 0 Å². The molecule has 0 amide bonds. The SMILES string of the molecule is NS(=O)(=O)c1cc(Br)ccc1OCc1cc(F)ccc1F. The summed E-state index contributed by atoms with van der Waals surface area (Å²) in [7, 11) is -4.00. The third kappa shape index (κ3) is 3.99. The maximum Gasteiger partial charge on any atom is 0.241 e. The quantitative estimate of drug-likeness (QED) is 0.890. The highest BCUT2D eigenvalue weighted by molar-refractivity contribution is 9.10. The summed E-state index contributed by atoms with van der Waals surface area (Å²) >= 11 is 3.12. The van der Waals surface area contributed by atoms with Crippen LogP contribution in [0.15, 0.2) is 45.8 Å². The van der Waals surface area contributed by atoms with Crippen LogP contribution >= 0.6 is 15.9 Å². The van der Waals surface area contributed by atoms with Crippen molar-refractivity contribution in [3.63, 3.8) is 0 Å². The molecule has 2 aromatic carbocycles. The van der Waals surface area contributed by atoms with E-state index in [9.17, 15) is 17.2 Å². The Labute approximate surface area is 128 Å². The van der Waals surface area contributed by atoms with Crippen LogP contribution in [0, 0.1) is 11.6 Å². The van der Waals surface area contributed by atoms with E-state index in [1.54, 1.807) is 6.07 Å². The number of rotatable bonds is 4. The first kappa shape index (κ1) is 15.9. The summed E-state index contributed by atoms with van der Waals surface area (Å²) < 4.78 is 55.2. The number of ether oxygens (including phenoxy) is 1. The summed E-state index contributed by atoms with van der Waals surface area (Å²) in [4.78, 5) is -0.242. The molecule has 0 aromatic heterocycles. The molecule has 0 atom stereocenters. The van der Waals surface area contributed by atoms with Crippen LogP contribution in [0.5, 0.6) is 5.75 Å². The van der Waals surface area contributed by atoms with E-state index in [-0.39, 0.29) is 22.8 Å². The van der Waals surface area contributed by atoms with E-state index in [4.69, 9.17) is 9.88 Å². The molecule has 0 unspecified atom stereocenters. The van der Waals surface area contributed by atoms with E-state index in [0.29, 0.717) is 4.47 Å². The molecule has 0 bridgehead atoms. The zero-order chi connectivity index (χ0) is 15.6. The van der Waals surface area contributed by atoms with Crippen molar-refractivity contribution in [2.45, 2.75) is 11.5 Å². The first-order valence-corrected chi connectivity index (χ1v) is 8.00. The molecule has 0 aliphatic heterocycles. The van der Waals surface area contributed by atoms with Crippen molar-refractivity contribution >= 4 is 26.0 Å². The van der Waals surface area contributed by atoms with E-state index in [1.807, 2.05) is 0 Å². The molecule has 8 heteroatoms. The minimum Gasteiger partial charge on any atom is -0.487 e. The van der Waals surface area contributed by atoms with E-state index in [2.05, 4.69) is 15.9 Å². The van der Waals surface area contributed by atoms with Gasteiger partial charge in [-0.05, 0) is 36.4 Å². The highest BCUT2D eigenvalue weighted by Crippen LogP contribution is 2.27. The monoisotopic (exact) mass is 377 g/mol. The second-order valence-electron chi connectivity index (χ2n) is 4.16. The smallest absolute Gasteiger partial charge is 0.241 e. The summed E-state index contributed by atoms with van der Waals surface area (Å²) in [6.07, 6.45) is 0. The van der Waals surface area contributed by atoms with Gasteiger partial charge in [0.05, 0.1) is 0 Å². The van der Waals surface area contributed by atoms with Gasteiger partial charge in [0.2, 0.25) is 10.0 Å². The molecule has 0 aliphatic rings. The molecule has 0 saturated carbocycles. The van der Waals surface area contributed by atoms with E-state index in [0.717, 1.165) is 18.2 Å². The minimum absolute atomic E-state index is 0.0294. The van der Waals surface area contributed by atoms with Crippen LogP contribution in [-0.4, -0.2) is 8.42 Å². The molecule has 0 saturated heterocycles. The molecular weight excluding hydrogens is 368 g/mol. The van der Waals surface area contributed by atoms with Gasteiger partial charge in [0.25, 0.3) is 0 Å².